The van der Waals surface area contributed by atoms with Gasteiger partial charge in [-0.15, -0.1) is 0 Å². The summed E-state index contributed by atoms with van der Waals surface area (Å²) in [6, 6.07) is 8.72. The highest BCUT2D eigenvalue weighted by Crippen LogP contribution is 2.25. The van der Waals surface area contributed by atoms with Gasteiger partial charge in [-0.3, -0.25) is 4.90 Å². The molecule has 0 radical (unpaired) electrons. The van der Waals surface area contributed by atoms with Crippen molar-refractivity contribution in [1.82, 2.24) is 4.90 Å². The average molecular weight is 242 g/mol. The van der Waals surface area contributed by atoms with Crippen molar-refractivity contribution in [2.24, 2.45) is 5.92 Å². The maximum atomic E-state index is 3.57. The second kappa shape index (κ2) is 5.15. The van der Waals surface area contributed by atoms with Crippen molar-refractivity contribution in [1.29, 1.82) is 0 Å². The van der Waals surface area contributed by atoms with Crippen molar-refractivity contribution in [2.45, 2.75) is 19.8 Å². The van der Waals surface area contributed by atoms with Gasteiger partial charge in [-0.25, -0.2) is 0 Å². The molecule has 96 valence electrons. The van der Waals surface area contributed by atoms with Crippen LogP contribution in [0, 0.1) is 5.92 Å². The lowest BCUT2D eigenvalue weighted by Gasteiger charge is -2.32. The minimum absolute atomic E-state index is 0.756. The molecule has 2 heterocycles. The Hall–Kier alpha value is -1.28. The molecule has 2 aliphatic rings. The minimum Gasteiger partial charge on any atom is -0.384 e. The zero-order valence-electron chi connectivity index (χ0n) is 11.2. The van der Waals surface area contributed by atoms with Crippen molar-refractivity contribution in [3.63, 3.8) is 0 Å². The van der Waals surface area contributed by atoms with Gasteiger partial charge < -0.3 is 5.32 Å². The van der Waals surface area contributed by atoms with Gasteiger partial charge in [0, 0.05) is 31.9 Å². The number of hydrogen-bond acceptors (Lipinski definition) is 2. The smallest absolute Gasteiger partial charge is 0.0372 e. The molecule has 2 aliphatic heterocycles. The van der Waals surface area contributed by atoms with Gasteiger partial charge in [0.05, 0.1) is 0 Å². The molecular weight excluding hydrogens is 220 g/mol. The Morgan fingerprint density at radius 2 is 2.22 bits per heavy atom. The zero-order chi connectivity index (χ0) is 12.4. The van der Waals surface area contributed by atoms with E-state index in [0.29, 0.717) is 0 Å². The molecule has 2 heteroatoms. The number of nitrogens with zero attached hydrogens (tertiary/aromatic N) is 1. The van der Waals surface area contributed by atoms with E-state index in [-0.39, 0.29) is 0 Å². The highest BCUT2D eigenvalue weighted by molar-refractivity contribution is 5.53. The van der Waals surface area contributed by atoms with Gasteiger partial charge in [0.15, 0.2) is 0 Å². The number of hydrogen-bond donors (Lipinski definition) is 1. The fourth-order valence-corrected chi connectivity index (χ4v) is 2.98. The largest absolute Gasteiger partial charge is 0.384 e. The highest BCUT2D eigenvalue weighted by atomic mass is 15.1. The molecule has 0 aromatic heterocycles. The first-order valence-electron chi connectivity index (χ1n) is 7.01. The Morgan fingerprint density at radius 1 is 1.33 bits per heavy atom. The molecule has 18 heavy (non-hydrogen) atoms. The van der Waals surface area contributed by atoms with E-state index in [1.807, 2.05) is 0 Å². The molecular formula is C16H22N2. The number of para-hydroxylation sites is 1. The summed E-state index contributed by atoms with van der Waals surface area (Å²) in [6.07, 6.45) is 4.85. The molecule has 0 saturated heterocycles. The predicted octanol–water partition coefficient (Wildman–Crippen LogP) is 2.92. The molecule has 1 unspecified atom stereocenters. The molecule has 0 spiro atoms. The SMILES string of the molecule is CC1=CCN(CC2CNc3ccccc3C2)CC1. The zero-order valence-corrected chi connectivity index (χ0v) is 11.2. The van der Waals surface area contributed by atoms with Crippen LogP contribution >= 0.6 is 0 Å². The monoisotopic (exact) mass is 242 g/mol. The molecule has 1 N–H and O–H groups in total. The topological polar surface area (TPSA) is 15.3 Å². The van der Waals surface area contributed by atoms with Crippen LogP contribution < -0.4 is 5.32 Å². The minimum atomic E-state index is 0.756. The number of nitrogens with one attached hydrogen (secondary N) is 1. The number of anilines is 1. The molecule has 0 aliphatic carbocycles. The molecule has 0 fully saturated rings. The summed E-state index contributed by atoms with van der Waals surface area (Å²) in [5, 5.41) is 3.57. The lowest BCUT2D eigenvalue weighted by atomic mass is 9.93. The fourth-order valence-electron chi connectivity index (χ4n) is 2.98. The Bertz CT molecular complexity index is 450. The van der Waals surface area contributed by atoms with Crippen LogP contribution in [-0.4, -0.2) is 31.1 Å². The normalized spacial score (nSPS) is 24.1. The highest BCUT2D eigenvalue weighted by Gasteiger charge is 2.20. The third kappa shape index (κ3) is 2.59. The molecule has 1 aromatic carbocycles. The molecule has 1 atom stereocenters. The van der Waals surface area contributed by atoms with Crippen molar-refractivity contribution >= 4 is 5.69 Å². The second-order valence-corrected chi connectivity index (χ2v) is 5.67. The summed E-state index contributed by atoms with van der Waals surface area (Å²) in [6.45, 7) is 6.97. The summed E-state index contributed by atoms with van der Waals surface area (Å²) in [5.41, 5.74) is 4.37. The quantitative estimate of drug-likeness (QED) is 0.802. The van der Waals surface area contributed by atoms with Crippen LogP contribution in [-0.2, 0) is 6.42 Å². The van der Waals surface area contributed by atoms with Gasteiger partial charge in [0.2, 0.25) is 0 Å². The maximum Gasteiger partial charge on any atom is 0.0372 e. The van der Waals surface area contributed by atoms with E-state index in [0.717, 1.165) is 19.0 Å². The van der Waals surface area contributed by atoms with Gasteiger partial charge in [0.25, 0.3) is 0 Å². The lowest BCUT2D eigenvalue weighted by Crippen LogP contribution is -2.37. The van der Waals surface area contributed by atoms with Crippen LogP contribution in [0.4, 0.5) is 5.69 Å². The number of fused-ring (bicyclic) bond motifs is 1. The van der Waals surface area contributed by atoms with Gasteiger partial charge in [-0.1, -0.05) is 29.8 Å². The van der Waals surface area contributed by atoms with E-state index in [1.54, 1.807) is 5.57 Å². The first-order valence-corrected chi connectivity index (χ1v) is 7.01. The van der Waals surface area contributed by atoms with Crippen molar-refractivity contribution in [2.75, 3.05) is 31.5 Å². The van der Waals surface area contributed by atoms with Crippen LogP contribution in [0.15, 0.2) is 35.9 Å². The Kier molecular flexibility index (Phi) is 3.37. The first-order chi connectivity index (χ1) is 8.81. The number of benzene rings is 1. The van der Waals surface area contributed by atoms with E-state index in [9.17, 15) is 0 Å². The van der Waals surface area contributed by atoms with Crippen LogP contribution in [0.1, 0.15) is 18.9 Å². The van der Waals surface area contributed by atoms with E-state index in [4.69, 9.17) is 0 Å². The summed E-state index contributed by atoms with van der Waals surface area (Å²) < 4.78 is 0. The molecule has 0 bridgehead atoms. The van der Waals surface area contributed by atoms with E-state index in [2.05, 4.69) is 47.5 Å². The molecule has 0 amide bonds. The van der Waals surface area contributed by atoms with E-state index < -0.39 is 0 Å². The molecule has 1 aromatic rings. The first kappa shape index (κ1) is 11.8. The summed E-state index contributed by atoms with van der Waals surface area (Å²) >= 11 is 0. The van der Waals surface area contributed by atoms with Crippen molar-refractivity contribution in [3.05, 3.63) is 41.5 Å². The fraction of sp³-hybridized carbons (Fsp3) is 0.500. The van der Waals surface area contributed by atoms with Crippen molar-refractivity contribution < 1.29 is 0 Å². The van der Waals surface area contributed by atoms with E-state index >= 15 is 0 Å². The number of rotatable bonds is 2. The van der Waals surface area contributed by atoms with Crippen LogP contribution in [0.25, 0.3) is 0 Å². The van der Waals surface area contributed by atoms with Crippen LogP contribution in [0.3, 0.4) is 0 Å². The molecule has 0 saturated carbocycles. The Labute approximate surface area is 110 Å². The molecule has 2 nitrogen and oxygen atoms in total. The third-order valence-electron chi connectivity index (χ3n) is 4.14. The lowest BCUT2D eigenvalue weighted by molar-refractivity contribution is 0.248. The van der Waals surface area contributed by atoms with Crippen LogP contribution in [0.2, 0.25) is 0 Å². The average Bonchev–Trinajstić information content (AvgIpc) is 2.41. The Balaban J connectivity index is 1.60. The van der Waals surface area contributed by atoms with Gasteiger partial charge >= 0.3 is 0 Å². The van der Waals surface area contributed by atoms with Crippen molar-refractivity contribution in [3.8, 4) is 0 Å². The summed E-state index contributed by atoms with van der Waals surface area (Å²) in [7, 11) is 0. The van der Waals surface area contributed by atoms with Gasteiger partial charge in [0.1, 0.15) is 0 Å². The standard InChI is InChI=1S/C16H22N2/c1-13-6-8-18(9-7-13)12-14-10-15-4-2-3-5-16(15)17-11-14/h2-6,14,17H,7-12H2,1H3. The van der Waals surface area contributed by atoms with E-state index in [1.165, 1.54) is 37.2 Å². The van der Waals surface area contributed by atoms with Gasteiger partial charge in [-0.2, -0.15) is 0 Å². The maximum absolute atomic E-state index is 3.57. The Morgan fingerprint density at radius 3 is 3.06 bits per heavy atom. The predicted molar refractivity (Wildman–Crippen MR) is 76.9 cm³/mol. The van der Waals surface area contributed by atoms with Gasteiger partial charge in [-0.05, 0) is 37.3 Å². The summed E-state index contributed by atoms with van der Waals surface area (Å²) in [5.74, 6) is 0.756. The summed E-state index contributed by atoms with van der Waals surface area (Å²) in [4.78, 5) is 2.59. The van der Waals surface area contributed by atoms with Crippen LogP contribution in [0.5, 0.6) is 0 Å². The second-order valence-electron chi connectivity index (χ2n) is 5.67. The third-order valence-corrected chi connectivity index (χ3v) is 4.14. The molecule has 3 rings (SSSR count).